The molecule has 0 bridgehead atoms. The van der Waals surface area contributed by atoms with Crippen LogP contribution in [0.2, 0.25) is 0 Å². The molecule has 8 unspecified atom stereocenters. The van der Waals surface area contributed by atoms with Crippen LogP contribution >= 0.6 is 0 Å². The summed E-state index contributed by atoms with van der Waals surface area (Å²) in [6, 6.07) is 0. The van der Waals surface area contributed by atoms with Gasteiger partial charge in [0.25, 0.3) is 0 Å². The molecule has 0 amide bonds. The summed E-state index contributed by atoms with van der Waals surface area (Å²) in [5.74, 6) is 2.42. The largest absolute Gasteiger partial charge is 0.392 e. The minimum absolute atomic E-state index is 0.0401. The van der Waals surface area contributed by atoms with Gasteiger partial charge < -0.3 is 10.2 Å². The molecule has 5 aliphatic rings. The maximum Gasteiger partial charge on any atom is 0.0628 e. The molecule has 2 heteroatoms. The van der Waals surface area contributed by atoms with Gasteiger partial charge in [-0.25, -0.2) is 0 Å². The van der Waals surface area contributed by atoms with E-state index in [1.54, 1.807) is 5.57 Å². The minimum atomic E-state index is -0.529. The van der Waals surface area contributed by atoms with Gasteiger partial charge in [-0.2, -0.15) is 0 Å². The highest BCUT2D eigenvalue weighted by Crippen LogP contribution is 2.88. The molecule has 4 fully saturated rings. The number of aliphatic hydroxyl groups excluding tert-OH is 1. The number of aliphatic hydroxyl groups is 2. The summed E-state index contributed by atoms with van der Waals surface area (Å²) >= 11 is 0. The Balaban J connectivity index is 1.40. The lowest BCUT2D eigenvalue weighted by Gasteiger charge is -2.61. The summed E-state index contributed by atoms with van der Waals surface area (Å²) in [5.41, 5.74) is 2.92. The summed E-state index contributed by atoms with van der Waals surface area (Å²) in [5, 5.41) is 21.0. The average molecular weight is 443 g/mol. The van der Waals surface area contributed by atoms with E-state index >= 15 is 0 Å². The first kappa shape index (κ1) is 23.4. The van der Waals surface area contributed by atoms with Crippen molar-refractivity contribution in [2.24, 2.45) is 44.8 Å². The van der Waals surface area contributed by atoms with E-state index < -0.39 is 5.60 Å². The van der Waals surface area contributed by atoms with Gasteiger partial charge >= 0.3 is 0 Å². The quantitative estimate of drug-likeness (QED) is 0.439. The summed E-state index contributed by atoms with van der Waals surface area (Å²) in [7, 11) is 0. The van der Waals surface area contributed by atoms with E-state index in [-0.39, 0.29) is 11.5 Å². The van der Waals surface area contributed by atoms with Crippen molar-refractivity contribution in [2.75, 3.05) is 0 Å². The Bertz CT molecular complexity index is 804. The van der Waals surface area contributed by atoms with E-state index in [9.17, 15) is 10.2 Å². The molecule has 0 saturated heterocycles. The van der Waals surface area contributed by atoms with Crippen molar-refractivity contribution in [3.05, 3.63) is 11.6 Å². The molecule has 0 aromatic heterocycles. The Morgan fingerprint density at radius 1 is 1.03 bits per heavy atom. The van der Waals surface area contributed by atoms with E-state index in [0.29, 0.717) is 21.7 Å². The van der Waals surface area contributed by atoms with E-state index in [0.717, 1.165) is 37.0 Å². The lowest BCUT2D eigenvalue weighted by Crippen LogP contribution is -2.54. The zero-order chi connectivity index (χ0) is 23.4. The summed E-state index contributed by atoms with van der Waals surface area (Å²) in [6.07, 6.45) is 16.3. The number of rotatable bonds is 5. The molecular formula is C30H50O2. The fraction of sp³-hybridized carbons (Fsp3) is 0.933. The number of fused-ring (bicyclic) bond motifs is 2. The maximum absolute atomic E-state index is 10.8. The SMILES string of the molecule is CC(CCCC(C)(C)O)C1CCC2(C)C3CC=C4C(C)(C)C(O)CCC45CC35CCC12C. The molecule has 2 nitrogen and oxygen atoms in total. The van der Waals surface area contributed by atoms with Gasteiger partial charge in [0.05, 0.1) is 11.7 Å². The second kappa shape index (κ2) is 6.87. The molecule has 0 heterocycles. The number of hydrogen-bond donors (Lipinski definition) is 2. The second-order valence-electron chi connectivity index (χ2n) is 14.8. The Hall–Kier alpha value is -0.340. The first-order chi connectivity index (χ1) is 14.7. The van der Waals surface area contributed by atoms with Gasteiger partial charge in [-0.1, -0.05) is 59.1 Å². The Morgan fingerprint density at radius 3 is 2.44 bits per heavy atom. The van der Waals surface area contributed by atoms with E-state index in [4.69, 9.17) is 0 Å². The molecule has 2 N–H and O–H groups in total. The van der Waals surface area contributed by atoms with Gasteiger partial charge in [-0.3, -0.25) is 0 Å². The summed E-state index contributed by atoms with van der Waals surface area (Å²) in [4.78, 5) is 0. The van der Waals surface area contributed by atoms with Crippen LogP contribution in [0.4, 0.5) is 0 Å². The first-order valence-corrected chi connectivity index (χ1v) is 13.9. The van der Waals surface area contributed by atoms with Crippen molar-refractivity contribution in [3.63, 3.8) is 0 Å². The average Bonchev–Trinajstić information content (AvgIpc) is 3.27. The number of hydrogen-bond acceptors (Lipinski definition) is 2. The predicted octanol–water partition coefficient (Wildman–Crippen LogP) is 7.28. The van der Waals surface area contributed by atoms with Gasteiger partial charge in [-0.15, -0.1) is 0 Å². The molecular weight excluding hydrogens is 392 g/mol. The highest BCUT2D eigenvalue weighted by Gasteiger charge is 2.80. The van der Waals surface area contributed by atoms with Gasteiger partial charge in [0.1, 0.15) is 0 Å². The van der Waals surface area contributed by atoms with E-state index in [1.807, 2.05) is 13.8 Å². The Kier molecular flexibility index (Phi) is 5.02. The molecule has 5 aliphatic carbocycles. The molecule has 0 aliphatic heterocycles. The van der Waals surface area contributed by atoms with Crippen LogP contribution in [0.15, 0.2) is 11.6 Å². The van der Waals surface area contributed by atoms with Crippen LogP contribution < -0.4 is 0 Å². The standard InChI is InChI=1S/C30H50O2/c1-20(9-8-14-25(2,3)32)21-12-15-28(7)23-11-10-22-26(4,5)24(31)13-16-29(22)19-30(23,29)18-17-27(21,28)6/h10,20-21,23-24,31-32H,8-9,11-19H2,1-7H3. The maximum atomic E-state index is 10.8. The van der Waals surface area contributed by atoms with Crippen LogP contribution in [0.3, 0.4) is 0 Å². The Labute approximate surface area is 197 Å². The molecule has 0 aromatic rings. The molecule has 0 aromatic carbocycles. The Morgan fingerprint density at radius 2 is 1.75 bits per heavy atom. The van der Waals surface area contributed by atoms with E-state index in [1.165, 1.54) is 51.4 Å². The lowest BCUT2D eigenvalue weighted by atomic mass is 9.43. The molecule has 5 rings (SSSR count). The molecule has 2 spiro atoms. The third-order valence-corrected chi connectivity index (χ3v) is 12.6. The molecule has 32 heavy (non-hydrogen) atoms. The smallest absolute Gasteiger partial charge is 0.0628 e. The third-order valence-electron chi connectivity index (χ3n) is 12.6. The van der Waals surface area contributed by atoms with Crippen molar-refractivity contribution < 1.29 is 10.2 Å². The monoisotopic (exact) mass is 442 g/mol. The summed E-state index contributed by atoms with van der Waals surface area (Å²) < 4.78 is 0. The fourth-order valence-electron chi connectivity index (χ4n) is 10.6. The van der Waals surface area contributed by atoms with Gasteiger partial charge in [0, 0.05) is 5.41 Å². The third kappa shape index (κ3) is 2.84. The highest BCUT2D eigenvalue weighted by molar-refractivity contribution is 5.44. The summed E-state index contributed by atoms with van der Waals surface area (Å²) in [6.45, 7) is 16.4. The topological polar surface area (TPSA) is 40.5 Å². The highest BCUT2D eigenvalue weighted by atomic mass is 16.3. The van der Waals surface area contributed by atoms with Crippen molar-refractivity contribution >= 4 is 0 Å². The van der Waals surface area contributed by atoms with Crippen molar-refractivity contribution in [2.45, 2.75) is 131 Å². The van der Waals surface area contributed by atoms with Crippen molar-refractivity contribution in [1.82, 2.24) is 0 Å². The zero-order valence-corrected chi connectivity index (χ0v) is 22.1. The van der Waals surface area contributed by atoms with Crippen LogP contribution in [-0.4, -0.2) is 21.9 Å². The fourth-order valence-corrected chi connectivity index (χ4v) is 10.6. The van der Waals surface area contributed by atoms with Crippen LogP contribution in [0.25, 0.3) is 0 Å². The normalized spacial score (nSPS) is 49.9. The van der Waals surface area contributed by atoms with Crippen LogP contribution in [0.1, 0.15) is 119 Å². The first-order valence-electron chi connectivity index (χ1n) is 13.9. The minimum Gasteiger partial charge on any atom is -0.392 e. The van der Waals surface area contributed by atoms with Crippen molar-refractivity contribution in [3.8, 4) is 0 Å². The van der Waals surface area contributed by atoms with E-state index in [2.05, 4.69) is 40.7 Å². The van der Waals surface area contributed by atoms with Crippen LogP contribution in [0, 0.1) is 44.8 Å². The molecule has 182 valence electrons. The van der Waals surface area contributed by atoms with Gasteiger partial charge in [0.2, 0.25) is 0 Å². The van der Waals surface area contributed by atoms with Gasteiger partial charge in [0.15, 0.2) is 0 Å². The lowest BCUT2D eigenvalue weighted by molar-refractivity contribution is -0.106. The molecule has 4 saturated carbocycles. The molecule has 8 atom stereocenters. The molecule has 0 radical (unpaired) electrons. The van der Waals surface area contributed by atoms with Crippen LogP contribution in [-0.2, 0) is 0 Å². The number of allylic oxidation sites excluding steroid dienone is 1. The second-order valence-corrected chi connectivity index (χ2v) is 14.8. The van der Waals surface area contributed by atoms with Crippen molar-refractivity contribution in [1.29, 1.82) is 0 Å². The predicted molar refractivity (Wildman–Crippen MR) is 132 cm³/mol. The van der Waals surface area contributed by atoms with Gasteiger partial charge in [-0.05, 0) is 111 Å². The van der Waals surface area contributed by atoms with Crippen LogP contribution in [0.5, 0.6) is 0 Å². The zero-order valence-electron chi connectivity index (χ0n) is 22.1.